The van der Waals surface area contributed by atoms with Gasteiger partial charge in [-0.3, -0.25) is 4.90 Å². The topological polar surface area (TPSA) is 58.6 Å². The van der Waals surface area contributed by atoms with Crippen molar-refractivity contribution in [1.82, 2.24) is 9.62 Å². The number of rotatable bonds is 7. The Balaban J connectivity index is 1.75. The van der Waals surface area contributed by atoms with Crippen LogP contribution < -0.4 is 9.46 Å². The van der Waals surface area contributed by atoms with E-state index in [4.69, 9.17) is 4.74 Å². The molecule has 1 fully saturated rings. The highest BCUT2D eigenvalue weighted by molar-refractivity contribution is 7.89. The van der Waals surface area contributed by atoms with Gasteiger partial charge in [0.2, 0.25) is 10.0 Å². The van der Waals surface area contributed by atoms with Gasteiger partial charge >= 0.3 is 0 Å². The summed E-state index contributed by atoms with van der Waals surface area (Å²) in [6.07, 6.45) is 2.32. The molecular formula is C19H24N2O3S. The highest BCUT2D eigenvalue weighted by Crippen LogP contribution is 2.25. The van der Waals surface area contributed by atoms with E-state index in [-0.39, 0.29) is 10.9 Å². The van der Waals surface area contributed by atoms with Gasteiger partial charge in [0.15, 0.2) is 0 Å². The van der Waals surface area contributed by atoms with Crippen molar-refractivity contribution in [3.63, 3.8) is 0 Å². The fourth-order valence-corrected chi connectivity index (χ4v) is 4.25. The summed E-state index contributed by atoms with van der Waals surface area (Å²) in [5.41, 5.74) is 1.14. The van der Waals surface area contributed by atoms with Gasteiger partial charge in [-0.1, -0.05) is 30.3 Å². The third-order valence-corrected chi connectivity index (χ3v) is 6.04. The van der Waals surface area contributed by atoms with Gasteiger partial charge in [-0.05, 0) is 55.8 Å². The molecule has 0 spiro atoms. The summed E-state index contributed by atoms with van der Waals surface area (Å²) >= 11 is 0. The van der Waals surface area contributed by atoms with Crippen molar-refractivity contribution in [3.05, 3.63) is 60.2 Å². The van der Waals surface area contributed by atoms with E-state index in [0.29, 0.717) is 12.3 Å². The first-order chi connectivity index (χ1) is 12.1. The number of benzene rings is 2. The number of likely N-dealkylation sites (tertiary alicyclic amines) is 1. The van der Waals surface area contributed by atoms with Crippen molar-refractivity contribution in [2.45, 2.75) is 23.8 Å². The summed E-state index contributed by atoms with van der Waals surface area (Å²) in [6.45, 7) is 2.37. The molecule has 134 valence electrons. The summed E-state index contributed by atoms with van der Waals surface area (Å²) in [5.74, 6) is 0.637. The molecule has 1 saturated heterocycles. The van der Waals surface area contributed by atoms with Crippen molar-refractivity contribution in [3.8, 4) is 5.75 Å². The van der Waals surface area contributed by atoms with Crippen LogP contribution in [0.1, 0.15) is 24.4 Å². The molecule has 5 nitrogen and oxygen atoms in total. The lowest BCUT2D eigenvalue weighted by Crippen LogP contribution is -2.36. The van der Waals surface area contributed by atoms with Gasteiger partial charge in [0.25, 0.3) is 0 Å². The number of ether oxygens (including phenoxy) is 1. The lowest BCUT2D eigenvalue weighted by atomic mass is 10.1. The molecule has 3 rings (SSSR count). The summed E-state index contributed by atoms with van der Waals surface area (Å²) in [5, 5.41) is 0. The molecule has 2 aromatic carbocycles. The second-order valence-electron chi connectivity index (χ2n) is 6.20. The zero-order chi connectivity index (χ0) is 17.7. The van der Waals surface area contributed by atoms with E-state index in [2.05, 4.69) is 21.8 Å². The minimum Gasteiger partial charge on any atom is -0.497 e. The van der Waals surface area contributed by atoms with E-state index in [1.54, 1.807) is 31.4 Å². The largest absolute Gasteiger partial charge is 0.497 e. The summed E-state index contributed by atoms with van der Waals surface area (Å²) in [4.78, 5) is 2.60. The Morgan fingerprint density at radius 3 is 2.28 bits per heavy atom. The Morgan fingerprint density at radius 1 is 1.04 bits per heavy atom. The fraction of sp³-hybridized carbons (Fsp3) is 0.368. The van der Waals surface area contributed by atoms with Gasteiger partial charge in [0.05, 0.1) is 12.0 Å². The van der Waals surface area contributed by atoms with E-state index >= 15 is 0 Å². The number of nitrogens with one attached hydrogen (secondary N) is 1. The predicted molar refractivity (Wildman–Crippen MR) is 98.2 cm³/mol. The van der Waals surface area contributed by atoms with Gasteiger partial charge in [-0.15, -0.1) is 0 Å². The molecule has 2 aromatic rings. The third-order valence-electron chi connectivity index (χ3n) is 4.60. The Hall–Kier alpha value is -1.89. The van der Waals surface area contributed by atoms with Crippen molar-refractivity contribution >= 4 is 10.0 Å². The summed E-state index contributed by atoms with van der Waals surface area (Å²) < 4.78 is 33.1. The standard InChI is InChI=1S/C19H24N2O3S/c1-24-17-9-11-18(12-10-17)25(22,23)20-15-19(21-13-5-6-14-21)16-7-3-2-4-8-16/h2-4,7-12,19-20H,5-6,13-15H2,1H3. The minimum atomic E-state index is -3.55. The first kappa shape index (κ1) is 17.9. The van der Waals surface area contributed by atoms with E-state index in [1.807, 2.05) is 18.2 Å². The molecule has 0 bridgehead atoms. The molecule has 0 amide bonds. The fourth-order valence-electron chi connectivity index (χ4n) is 3.21. The Kier molecular flexibility index (Phi) is 5.73. The molecule has 0 saturated carbocycles. The van der Waals surface area contributed by atoms with Crippen LogP contribution in [0.2, 0.25) is 0 Å². The molecular weight excluding hydrogens is 336 g/mol. The average molecular weight is 360 g/mol. The van der Waals surface area contributed by atoms with Crippen molar-refractivity contribution in [1.29, 1.82) is 0 Å². The van der Waals surface area contributed by atoms with Crippen LogP contribution in [0.5, 0.6) is 5.75 Å². The number of hydrogen-bond donors (Lipinski definition) is 1. The second kappa shape index (κ2) is 7.99. The molecule has 1 atom stereocenters. The predicted octanol–water partition coefficient (Wildman–Crippen LogP) is 2.81. The average Bonchev–Trinajstić information content (AvgIpc) is 3.17. The van der Waals surface area contributed by atoms with Crippen LogP contribution in [0.25, 0.3) is 0 Å². The monoisotopic (exact) mass is 360 g/mol. The molecule has 25 heavy (non-hydrogen) atoms. The SMILES string of the molecule is COc1ccc(S(=O)(=O)NCC(c2ccccc2)N2CCCC2)cc1. The van der Waals surface area contributed by atoms with Crippen LogP contribution >= 0.6 is 0 Å². The van der Waals surface area contributed by atoms with Crippen LogP contribution in [0.3, 0.4) is 0 Å². The number of sulfonamides is 1. The van der Waals surface area contributed by atoms with Crippen molar-refractivity contribution in [2.24, 2.45) is 0 Å². The van der Waals surface area contributed by atoms with Gasteiger partial charge in [-0.25, -0.2) is 13.1 Å². The van der Waals surface area contributed by atoms with Crippen molar-refractivity contribution in [2.75, 3.05) is 26.7 Å². The zero-order valence-corrected chi connectivity index (χ0v) is 15.2. The number of nitrogens with zero attached hydrogens (tertiary/aromatic N) is 1. The molecule has 6 heteroatoms. The normalized spacial score (nSPS) is 16.7. The maximum absolute atomic E-state index is 12.6. The lowest BCUT2D eigenvalue weighted by molar-refractivity contribution is 0.246. The molecule has 0 aliphatic carbocycles. The van der Waals surface area contributed by atoms with Crippen LogP contribution in [0.15, 0.2) is 59.5 Å². The molecule has 1 unspecified atom stereocenters. The Morgan fingerprint density at radius 2 is 1.68 bits per heavy atom. The number of methoxy groups -OCH3 is 1. The van der Waals surface area contributed by atoms with Gasteiger partial charge < -0.3 is 4.74 Å². The van der Waals surface area contributed by atoms with Crippen LogP contribution in [0, 0.1) is 0 Å². The molecule has 1 aliphatic rings. The minimum absolute atomic E-state index is 0.0525. The van der Waals surface area contributed by atoms with E-state index < -0.39 is 10.0 Å². The first-order valence-corrected chi connectivity index (χ1v) is 10.0. The van der Waals surface area contributed by atoms with Crippen molar-refractivity contribution < 1.29 is 13.2 Å². The number of hydrogen-bond acceptors (Lipinski definition) is 4. The first-order valence-electron chi connectivity index (χ1n) is 8.53. The molecule has 0 radical (unpaired) electrons. The van der Waals surface area contributed by atoms with E-state index in [9.17, 15) is 8.42 Å². The van der Waals surface area contributed by atoms with Crippen LogP contribution in [-0.2, 0) is 10.0 Å². The molecule has 1 N–H and O–H groups in total. The third kappa shape index (κ3) is 4.39. The maximum atomic E-state index is 12.6. The highest BCUT2D eigenvalue weighted by atomic mass is 32.2. The maximum Gasteiger partial charge on any atom is 0.240 e. The summed E-state index contributed by atoms with van der Waals surface area (Å²) in [6, 6.07) is 16.6. The zero-order valence-electron chi connectivity index (χ0n) is 14.4. The molecule has 1 aliphatic heterocycles. The van der Waals surface area contributed by atoms with Crippen LogP contribution in [0.4, 0.5) is 0 Å². The van der Waals surface area contributed by atoms with Gasteiger partial charge in [0, 0.05) is 12.6 Å². The summed E-state index contributed by atoms with van der Waals surface area (Å²) in [7, 11) is -1.99. The van der Waals surface area contributed by atoms with E-state index in [1.165, 1.54) is 0 Å². The van der Waals surface area contributed by atoms with E-state index in [0.717, 1.165) is 31.5 Å². The van der Waals surface area contributed by atoms with Gasteiger partial charge in [-0.2, -0.15) is 0 Å². The quantitative estimate of drug-likeness (QED) is 0.825. The lowest BCUT2D eigenvalue weighted by Gasteiger charge is -2.28. The van der Waals surface area contributed by atoms with Gasteiger partial charge in [0.1, 0.15) is 5.75 Å². The molecule has 1 heterocycles. The Labute approximate surface area is 149 Å². The molecule has 0 aromatic heterocycles. The highest BCUT2D eigenvalue weighted by Gasteiger charge is 2.25. The smallest absolute Gasteiger partial charge is 0.240 e. The van der Waals surface area contributed by atoms with Crippen LogP contribution in [-0.4, -0.2) is 40.1 Å². The second-order valence-corrected chi connectivity index (χ2v) is 7.96. The Bertz CT molecular complexity index is 770.